The summed E-state index contributed by atoms with van der Waals surface area (Å²) in [5.41, 5.74) is 2.19. The van der Waals surface area contributed by atoms with E-state index in [0.717, 1.165) is 43.1 Å². The van der Waals surface area contributed by atoms with Crippen LogP contribution in [0, 0.1) is 10.8 Å². The Balaban J connectivity index is 1.83. The standard InChI is InChI=1S/C22H36N4O2/c1-14-12-26(13-15(2)28-14)20-23-11-16-17(24-19(27)10-21(3,4)5)8-22(6,7)9-18(16)25-20/h11,14-15,17H,8-10,12-13H2,1-7H3,(H,24,27). The van der Waals surface area contributed by atoms with Crippen molar-refractivity contribution in [2.75, 3.05) is 18.0 Å². The van der Waals surface area contributed by atoms with Crippen molar-refractivity contribution in [3.8, 4) is 0 Å². The number of aromatic nitrogens is 2. The van der Waals surface area contributed by atoms with Gasteiger partial charge in [0.25, 0.3) is 0 Å². The second kappa shape index (κ2) is 7.62. The van der Waals surface area contributed by atoms with Crippen molar-refractivity contribution in [2.45, 2.75) is 86.0 Å². The molecular weight excluding hydrogens is 352 g/mol. The van der Waals surface area contributed by atoms with E-state index in [0.29, 0.717) is 6.42 Å². The van der Waals surface area contributed by atoms with Crippen molar-refractivity contribution in [1.29, 1.82) is 0 Å². The number of morpholine rings is 1. The highest BCUT2D eigenvalue weighted by atomic mass is 16.5. The second-order valence-corrected chi connectivity index (χ2v) is 10.6. The van der Waals surface area contributed by atoms with Crippen LogP contribution in [0.25, 0.3) is 0 Å². The topological polar surface area (TPSA) is 67.4 Å². The molecule has 1 aromatic heterocycles. The van der Waals surface area contributed by atoms with Gasteiger partial charge in [-0.05, 0) is 37.5 Å². The van der Waals surface area contributed by atoms with Crippen molar-refractivity contribution in [3.63, 3.8) is 0 Å². The van der Waals surface area contributed by atoms with Gasteiger partial charge in [-0.3, -0.25) is 4.79 Å². The number of carbonyl (C=O) groups excluding carboxylic acids is 1. The number of ether oxygens (including phenoxy) is 1. The van der Waals surface area contributed by atoms with E-state index < -0.39 is 0 Å². The predicted octanol–water partition coefficient (Wildman–Crippen LogP) is 3.66. The molecule has 0 saturated carbocycles. The molecule has 3 atom stereocenters. The molecule has 3 rings (SSSR count). The summed E-state index contributed by atoms with van der Waals surface area (Å²) < 4.78 is 5.84. The van der Waals surface area contributed by atoms with Gasteiger partial charge in [0.05, 0.1) is 23.9 Å². The summed E-state index contributed by atoms with van der Waals surface area (Å²) in [5, 5.41) is 3.25. The zero-order valence-electron chi connectivity index (χ0n) is 18.5. The van der Waals surface area contributed by atoms with E-state index >= 15 is 0 Å². The first-order valence-corrected chi connectivity index (χ1v) is 10.5. The zero-order valence-corrected chi connectivity index (χ0v) is 18.5. The monoisotopic (exact) mass is 388 g/mol. The third kappa shape index (κ3) is 5.22. The molecule has 1 amide bonds. The van der Waals surface area contributed by atoms with Crippen LogP contribution in [0.15, 0.2) is 6.20 Å². The van der Waals surface area contributed by atoms with Crippen LogP contribution in [-0.4, -0.2) is 41.2 Å². The Labute approximate surface area is 169 Å². The van der Waals surface area contributed by atoms with Gasteiger partial charge in [-0.15, -0.1) is 0 Å². The number of hydrogen-bond acceptors (Lipinski definition) is 5. The van der Waals surface area contributed by atoms with Crippen LogP contribution in [-0.2, 0) is 16.0 Å². The summed E-state index contributed by atoms with van der Waals surface area (Å²) in [5.74, 6) is 0.874. The molecule has 2 heterocycles. The van der Waals surface area contributed by atoms with Crippen LogP contribution >= 0.6 is 0 Å². The van der Waals surface area contributed by atoms with Crippen molar-refractivity contribution in [3.05, 3.63) is 17.5 Å². The normalized spacial score (nSPS) is 27.2. The quantitative estimate of drug-likeness (QED) is 0.856. The summed E-state index contributed by atoms with van der Waals surface area (Å²) in [6.07, 6.45) is 4.60. The van der Waals surface area contributed by atoms with Gasteiger partial charge in [0.15, 0.2) is 0 Å². The van der Waals surface area contributed by atoms with Gasteiger partial charge < -0.3 is 15.0 Å². The molecular formula is C22H36N4O2. The average Bonchev–Trinajstić information content (AvgIpc) is 2.50. The largest absolute Gasteiger partial charge is 0.372 e. The molecule has 1 aliphatic heterocycles. The Morgan fingerprint density at radius 2 is 1.93 bits per heavy atom. The van der Waals surface area contributed by atoms with E-state index in [-0.39, 0.29) is 35.0 Å². The fourth-order valence-electron chi connectivity index (χ4n) is 4.39. The zero-order chi connectivity index (χ0) is 20.7. The van der Waals surface area contributed by atoms with Gasteiger partial charge in [-0.25, -0.2) is 9.97 Å². The van der Waals surface area contributed by atoms with E-state index in [4.69, 9.17) is 9.72 Å². The Morgan fingerprint density at radius 1 is 1.29 bits per heavy atom. The highest BCUT2D eigenvalue weighted by Crippen LogP contribution is 2.40. The number of amides is 1. The summed E-state index contributed by atoms with van der Waals surface area (Å²) >= 11 is 0. The van der Waals surface area contributed by atoms with Crippen LogP contribution in [0.1, 0.15) is 78.6 Å². The number of nitrogens with zero attached hydrogens (tertiary/aromatic N) is 3. The van der Waals surface area contributed by atoms with E-state index in [9.17, 15) is 4.79 Å². The lowest BCUT2D eigenvalue weighted by molar-refractivity contribution is -0.123. The smallest absolute Gasteiger partial charge is 0.225 e. The molecule has 1 aliphatic carbocycles. The minimum Gasteiger partial charge on any atom is -0.372 e. The average molecular weight is 389 g/mol. The van der Waals surface area contributed by atoms with Crippen molar-refractivity contribution in [2.24, 2.45) is 10.8 Å². The van der Waals surface area contributed by atoms with E-state index in [2.05, 4.69) is 63.7 Å². The van der Waals surface area contributed by atoms with E-state index in [1.54, 1.807) is 0 Å². The predicted molar refractivity (Wildman–Crippen MR) is 111 cm³/mol. The fourth-order valence-corrected chi connectivity index (χ4v) is 4.39. The lowest BCUT2D eigenvalue weighted by Gasteiger charge is -2.38. The maximum absolute atomic E-state index is 12.6. The highest BCUT2D eigenvalue weighted by molar-refractivity contribution is 5.77. The molecule has 0 radical (unpaired) electrons. The summed E-state index contributed by atoms with van der Waals surface area (Å²) in [7, 11) is 0. The maximum Gasteiger partial charge on any atom is 0.225 e. The van der Waals surface area contributed by atoms with Gasteiger partial charge in [0, 0.05) is 31.3 Å². The lowest BCUT2D eigenvalue weighted by atomic mass is 9.74. The van der Waals surface area contributed by atoms with Crippen LogP contribution in [0.5, 0.6) is 0 Å². The minimum absolute atomic E-state index is 0.0230. The molecule has 0 aromatic carbocycles. The fraction of sp³-hybridized carbons (Fsp3) is 0.773. The van der Waals surface area contributed by atoms with Crippen LogP contribution in [0.4, 0.5) is 5.95 Å². The number of fused-ring (bicyclic) bond motifs is 1. The first-order chi connectivity index (χ1) is 12.9. The third-order valence-corrected chi connectivity index (χ3v) is 5.39. The third-order valence-electron chi connectivity index (χ3n) is 5.39. The molecule has 3 unspecified atom stereocenters. The minimum atomic E-state index is -0.0266. The molecule has 6 heteroatoms. The number of anilines is 1. The molecule has 0 bridgehead atoms. The van der Waals surface area contributed by atoms with E-state index in [1.807, 2.05) is 6.20 Å². The maximum atomic E-state index is 12.6. The molecule has 1 aromatic rings. The lowest BCUT2D eigenvalue weighted by Crippen LogP contribution is -2.46. The van der Waals surface area contributed by atoms with Gasteiger partial charge in [-0.1, -0.05) is 34.6 Å². The Kier molecular flexibility index (Phi) is 5.72. The molecule has 28 heavy (non-hydrogen) atoms. The summed E-state index contributed by atoms with van der Waals surface area (Å²) in [4.78, 5) is 24.4. The molecule has 1 fully saturated rings. The molecule has 1 N–H and O–H groups in total. The highest BCUT2D eigenvalue weighted by Gasteiger charge is 2.35. The molecule has 0 spiro atoms. The summed E-state index contributed by atoms with van der Waals surface area (Å²) in [6.45, 7) is 16.5. The Bertz CT molecular complexity index is 716. The molecule has 2 aliphatic rings. The van der Waals surface area contributed by atoms with Crippen molar-refractivity contribution >= 4 is 11.9 Å². The number of carbonyl (C=O) groups is 1. The van der Waals surface area contributed by atoms with Crippen LogP contribution < -0.4 is 10.2 Å². The van der Waals surface area contributed by atoms with Gasteiger partial charge in [0.1, 0.15) is 0 Å². The SMILES string of the molecule is CC1CN(c2ncc3c(n2)CC(C)(C)CC3NC(=O)CC(C)(C)C)CC(C)O1. The van der Waals surface area contributed by atoms with Crippen molar-refractivity contribution in [1.82, 2.24) is 15.3 Å². The molecule has 6 nitrogen and oxygen atoms in total. The van der Waals surface area contributed by atoms with Gasteiger partial charge in [-0.2, -0.15) is 0 Å². The second-order valence-electron chi connectivity index (χ2n) is 10.6. The number of nitrogens with one attached hydrogen (secondary N) is 1. The molecule has 1 saturated heterocycles. The van der Waals surface area contributed by atoms with Crippen molar-refractivity contribution < 1.29 is 9.53 Å². The van der Waals surface area contributed by atoms with Gasteiger partial charge in [0.2, 0.25) is 11.9 Å². The molecule has 156 valence electrons. The number of rotatable bonds is 3. The first kappa shape index (κ1) is 21.0. The first-order valence-electron chi connectivity index (χ1n) is 10.5. The van der Waals surface area contributed by atoms with Gasteiger partial charge >= 0.3 is 0 Å². The number of hydrogen-bond donors (Lipinski definition) is 1. The Hall–Kier alpha value is -1.69. The van der Waals surface area contributed by atoms with E-state index in [1.165, 1.54) is 0 Å². The summed E-state index contributed by atoms with van der Waals surface area (Å²) in [6, 6.07) is -0.0230. The van der Waals surface area contributed by atoms with Crippen LogP contribution in [0.3, 0.4) is 0 Å². The Morgan fingerprint density at radius 3 is 2.54 bits per heavy atom. The van der Waals surface area contributed by atoms with Crippen LogP contribution in [0.2, 0.25) is 0 Å².